The van der Waals surface area contributed by atoms with Crippen LogP contribution in [0.5, 0.6) is 0 Å². The van der Waals surface area contributed by atoms with Crippen LogP contribution in [-0.2, 0) is 4.79 Å². The van der Waals surface area contributed by atoms with Crippen LogP contribution >= 0.6 is 0 Å². The third-order valence-electron chi connectivity index (χ3n) is 3.32. The quantitative estimate of drug-likeness (QED) is 0.804. The van der Waals surface area contributed by atoms with Gasteiger partial charge in [-0.05, 0) is 31.9 Å². The zero-order chi connectivity index (χ0) is 13.5. The molecule has 0 aliphatic carbocycles. The molecule has 1 rings (SSSR count). The summed E-state index contributed by atoms with van der Waals surface area (Å²) in [7, 11) is 0. The summed E-state index contributed by atoms with van der Waals surface area (Å²) in [6.07, 6.45) is 2.25. The number of carboxylic acids is 1. The van der Waals surface area contributed by atoms with Crippen LogP contribution in [0.4, 0.5) is 5.69 Å². The van der Waals surface area contributed by atoms with E-state index in [1.165, 1.54) is 5.56 Å². The minimum absolute atomic E-state index is 0.185. The van der Waals surface area contributed by atoms with Crippen LogP contribution in [0.1, 0.15) is 38.7 Å². The molecule has 0 spiro atoms. The van der Waals surface area contributed by atoms with Gasteiger partial charge in [0, 0.05) is 18.3 Å². The molecule has 0 saturated heterocycles. The Kier molecular flexibility index (Phi) is 5.69. The number of anilines is 1. The first kappa shape index (κ1) is 14.6. The van der Waals surface area contributed by atoms with Gasteiger partial charge in [0.25, 0.3) is 0 Å². The summed E-state index contributed by atoms with van der Waals surface area (Å²) in [5.74, 6) is -0.738. The van der Waals surface area contributed by atoms with Crippen LogP contribution in [0, 0.1) is 6.92 Å². The minimum Gasteiger partial charge on any atom is -0.481 e. The summed E-state index contributed by atoms with van der Waals surface area (Å²) < 4.78 is 0. The second-order valence-electron chi connectivity index (χ2n) is 4.64. The summed E-state index contributed by atoms with van der Waals surface area (Å²) in [4.78, 5) is 13.0. The van der Waals surface area contributed by atoms with E-state index in [2.05, 4.69) is 49.9 Å². The molecule has 0 aliphatic heterocycles. The van der Waals surface area contributed by atoms with Crippen molar-refractivity contribution in [2.45, 2.75) is 46.1 Å². The molecule has 0 unspecified atom stereocenters. The molecule has 3 heteroatoms. The number of benzene rings is 1. The minimum atomic E-state index is -0.738. The number of rotatable bonds is 7. The van der Waals surface area contributed by atoms with E-state index in [-0.39, 0.29) is 6.42 Å². The van der Waals surface area contributed by atoms with Crippen LogP contribution < -0.4 is 4.90 Å². The highest BCUT2D eigenvalue weighted by Gasteiger charge is 2.16. The van der Waals surface area contributed by atoms with Crippen molar-refractivity contribution in [1.29, 1.82) is 0 Å². The number of hydrogen-bond acceptors (Lipinski definition) is 2. The van der Waals surface area contributed by atoms with E-state index in [1.807, 2.05) is 0 Å². The predicted molar refractivity (Wildman–Crippen MR) is 75.1 cm³/mol. The first-order valence-electron chi connectivity index (χ1n) is 6.63. The van der Waals surface area contributed by atoms with Crippen LogP contribution in [0.3, 0.4) is 0 Å². The third kappa shape index (κ3) is 4.06. The summed E-state index contributed by atoms with van der Waals surface area (Å²) in [5.41, 5.74) is 2.34. The lowest BCUT2D eigenvalue weighted by atomic mass is 10.1. The fraction of sp³-hybridized carbons (Fsp3) is 0.533. The monoisotopic (exact) mass is 249 g/mol. The molecule has 0 aromatic heterocycles. The van der Waals surface area contributed by atoms with Gasteiger partial charge in [-0.3, -0.25) is 4.79 Å². The first-order valence-corrected chi connectivity index (χ1v) is 6.63. The van der Waals surface area contributed by atoms with Gasteiger partial charge in [-0.2, -0.15) is 0 Å². The van der Waals surface area contributed by atoms with Crippen LogP contribution in [0.25, 0.3) is 0 Å². The number of carbonyl (C=O) groups is 1. The lowest BCUT2D eigenvalue weighted by Crippen LogP contribution is -2.36. The molecule has 18 heavy (non-hydrogen) atoms. The molecule has 0 bridgehead atoms. The van der Waals surface area contributed by atoms with Crippen LogP contribution in [-0.4, -0.2) is 23.7 Å². The normalized spacial score (nSPS) is 10.7. The molecule has 3 nitrogen and oxygen atoms in total. The van der Waals surface area contributed by atoms with Gasteiger partial charge in [-0.25, -0.2) is 0 Å². The molecular formula is C15H23NO2. The number of hydrogen-bond donors (Lipinski definition) is 1. The molecule has 0 radical (unpaired) electrons. The molecule has 1 aromatic carbocycles. The van der Waals surface area contributed by atoms with Gasteiger partial charge in [-0.15, -0.1) is 0 Å². The van der Waals surface area contributed by atoms with Crippen LogP contribution in [0.2, 0.25) is 0 Å². The molecule has 0 fully saturated rings. The standard InChI is InChI=1S/C15H23NO2/c1-4-13(5-2)16(11-10-15(17)18)14-8-6-12(3)7-9-14/h6-9,13H,4-5,10-11H2,1-3H3,(H,17,18). The Labute approximate surface area is 109 Å². The number of carboxylic acid groups (broad SMARTS) is 1. The molecule has 0 atom stereocenters. The average molecular weight is 249 g/mol. The lowest BCUT2D eigenvalue weighted by molar-refractivity contribution is -0.136. The maximum absolute atomic E-state index is 10.8. The van der Waals surface area contributed by atoms with E-state index in [0.717, 1.165) is 18.5 Å². The van der Waals surface area contributed by atoms with E-state index in [4.69, 9.17) is 5.11 Å². The highest BCUT2D eigenvalue weighted by molar-refractivity contribution is 5.67. The van der Waals surface area contributed by atoms with E-state index in [0.29, 0.717) is 12.6 Å². The Morgan fingerprint density at radius 1 is 1.22 bits per heavy atom. The molecule has 0 aliphatic rings. The van der Waals surface area contributed by atoms with Crippen molar-refractivity contribution in [3.63, 3.8) is 0 Å². The fourth-order valence-corrected chi connectivity index (χ4v) is 2.20. The molecule has 1 aromatic rings. The van der Waals surface area contributed by atoms with Gasteiger partial charge in [0.2, 0.25) is 0 Å². The van der Waals surface area contributed by atoms with Crippen molar-refractivity contribution in [2.75, 3.05) is 11.4 Å². The van der Waals surface area contributed by atoms with Crippen molar-refractivity contribution < 1.29 is 9.90 Å². The second kappa shape index (κ2) is 7.04. The number of aryl methyl sites for hydroxylation is 1. The maximum Gasteiger partial charge on any atom is 0.305 e. The summed E-state index contributed by atoms with van der Waals surface area (Å²) in [6, 6.07) is 8.72. The second-order valence-corrected chi connectivity index (χ2v) is 4.64. The van der Waals surface area contributed by atoms with E-state index >= 15 is 0 Å². The SMILES string of the molecule is CCC(CC)N(CCC(=O)O)c1ccc(C)cc1. The van der Waals surface area contributed by atoms with Gasteiger partial charge < -0.3 is 10.0 Å². The highest BCUT2D eigenvalue weighted by Crippen LogP contribution is 2.21. The van der Waals surface area contributed by atoms with Gasteiger partial charge in [0.1, 0.15) is 0 Å². The van der Waals surface area contributed by atoms with Crippen molar-refractivity contribution in [3.05, 3.63) is 29.8 Å². The van der Waals surface area contributed by atoms with Crippen molar-refractivity contribution >= 4 is 11.7 Å². The molecule has 0 saturated carbocycles. The summed E-state index contributed by atoms with van der Waals surface area (Å²) in [5, 5.41) is 8.85. The van der Waals surface area contributed by atoms with Gasteiger partial charge in [-0.1, -0.05) is 31.5 Å². The highest BCUT2D eigenvalue weighted by atomic mass is 16.4. The predicted octanol–water partition coefficient (Wildman–Crippen LogP) is 3.46. The number of aliphatic carboxylic acids is 1. The van der Waals surface area contributed by atoms with Crippen molar-refractivity contribution in [3.8, 4) is 0 Å². The van der Waals surface area contributed by atoms with E-state index in [1.54, 1.807) is 0 Å². The van der Waals surface area contributed by atoms with Crippen molar-refractivity contribution in [2.24, 2.45) is 0 Å². The fourth-order valence-electron chi connectivity index (χ4n) is 2.20. The Morgan fingerprint density at radius 2 is 1.78 bits per heavy atom. The lowest BCUT2D eigenvalue weighted by Gasteiger charge is -2.32. The topological polar surface area (TPSA) is 40.5 Å². The Balaban J connectivity index is 2.88. The van der Waals surface area contributed by atoms with Gasteiger partial charge in [0.05, 0.1) is 6.42 Å². The zero-order valence-corrected chi connectivity index (χ0v) is 11.5. The Morgan fingerprint density at radius 3 is 2.22 bits per heavy atom. The Hall–Kier alpha value is -1.51. The van der Waals surface area contributed by atoms with Gasteiger partial charge >= 0.3 is 5.97 Å². The van der Waals surface area contributed by atoms with Gasteiger partial charge in [0.15, 0.2) is 0 Å². The zero-order valence-electron chi connectivity index (χ0n) is 11.5. The third-order valence-corrected chi connectivity index (χ3v) is 3.32. The molecule has 0 heterocycles. The largest absolute Gasteiger partial charge is 0.481 e. The van der Waals surface area contributed by atoms with Crippen molar-refractivity contribution in [1.82, 2.24) is 0 Å². The number of nitrogens with zero attached hydrogens (tertiary/aromatic N) is 1. The summed E-state index contributed by atoms with van der Waals surface area (Å²) >= 11 is 0. The summed E-state index contributed by atoms with van der Waals surface area (Å²) in [6.45, 7) is 6.93. The van der Waals surface area contributed by atoms with E-state index in [9.17, 15) is 4.79 Å². The molecule has 0 amide bonds. The van der Waals surface area contributed by atoms with E-state index < -0.39 is 5.97 Å². The molecular weight excluding hydrogens is 226 g/mol. The maximum atomic E-state index is 10.8. The average Bonchev–Trinajstić information content (AvgIpc) is 2.35. The smallest absolute Gasteiger partial charge is 0.305 e. The Bertz CT molecular complexity index is 369. The molecule has 1 N–H and O–H groups in total. The van der Waals surface area contributed by atoms with Crippen LogP contribution in [0.15, 0.2) is 24.3 Å². The first-order chi connectivity index (χ1) is 8.58. The molecule has 100 valence electrons.